The summed E-state index contributed by atoms with van der Waals surface area (Å²) in [5.74, 6) is -3.08. The molecule has 1 aromatic heterocycles. The van der Waals surface area contributed by atoms with Gasteiger partial charge in [0.15, 0.2) is 11.6 Å². The Balaban J connectivity index is 2.62. The lowest BCUT2D eigenvalue weighted by molar-refractivity contribution is 0.412. The number of para-hydroxylation sites is 1. The molecule has 80 valence electrons. The summed E-state index contributed by atoms with van der Waals surface area (Å²) in [4.78, 5) is 0. The van der Waals surface area contributed by atoms with Gasteiger partial charge >= 0.3 is 0 Å². The van der Waals surface area contributed by atoms with Crippen LogP contribution in [0.3, 0.4) is 0 Å². The number of rotatable bonds is 0. The first-order valence-corrected chi connectivity index (χ1v) is 4.66. The largest absolute Gasteiger partial charge is 0.504 e. The molecule has 0 unspecified atom stereocenters. The summed E-state index contributed by atoms with van der Waals surface area (Å²) < 4.78 is 31.5. The molecule has 0 aliphatic heterocycles. The number of halogens is 2. The van der Waals surface area contributed by atoms with Crippen LogP contribution in [0, 0.1) is 11.6 Å². The number of fused-ring (bicyclic) bond motifs is 3. The molecule has 0 radical (unpaired) electrons. The molecule has 16 heavy (non-hydrogen) atoms. The zero-order chi connectivity index (χ0) is 11.3. The van der Waals surface area contributed by atoms with E-state index in [4.69, 9.17) is 4.42 Å². The molecule has 0 saturated carbocycles. The van der Waals surface area contributed by atoms with Crippen LogP contribution in [0.25, 0.3) is 21.9 Å². The van der Waals surface area contributed by atoms with Crippen LogP contribution >= 0.6 is 0 Å². The lowest BCUT2D eigenvalue weighted by Gasteiger charge is -1.97. The van der Waals surface area contributed by atoms with E-state index in [9.17, 15) is 13.9 Å². The monoisotopic (exact) mass is 220 g/mol. The lowest BCUT2D eigenvalue weighted by Crippen LogP contribution is -1.84. The molecular weight excluding hydrogens is 214 g/mol. The Morgan fingerprint density at radius 2 is 1.81 bits per heavy atom. The Kier molecular flexibility index (Phi) is 1.68. The molecule has 0 bridgehead atoms. The molecule has 0 spiro atoms. The Labute approximate surface area is 88.7 Å². The van der Waals surface area contributed by atoms with E-state index in [2.05, 4.69) is 0 Å². The van der Waals surface area contributed by atoms with E-state index < -0.39 is 17.4 Å². The number of aromatic hydroxyl groups is 1. The fourth-order valence-corrected chi connectivity index (χ4v) is 1.81. The maximum absolute atomic E-state index is 13.2. The van der Waals surface area contributed by atoms with Gasteiger partial charge in [0.05, 0.1) is 5.39 Å². The van der Waals surface area contributed by atoms with Crippen LogP contribution in [0.4, 0.5) is 8.78 Å². The van der Waals surface area contributed by atoms with Gasteiger partial charge < -0.3 is 9.52 Å². The third-order valence-corrected chi connectivity index (χ3v) is 2.53. The third-order valence-electron chi connectivity index (χ3n) is 2.53. The summed E-state index contributed by atoms with van der Waals surface area (Å²) >= 11 is 0. The highest BCUT2D eigenvalue weighted by molar-refractivity contribution is 6.08. The molecule has 3 aromatic rings. The minimum Gasteiger partial charge on any atom is -0.504 e. The van der Waals surface area contributed by atoms with Crippen molar-refractivity contribution in [2.24, 2.45) is 0 Å². The molecule has 3 rings (SSSR count). The number of benzene rings is 2. The van der Waals surface area contributed by atoms with Gasteiger partial charge in [0.1, 0.15) is 11.2 Å². The van der Waals surface area contributed by atoms with Crippen LogP contribution < -0.4 is 0 Å². The fourth-order valence-electron chi connectivity index (χ4n) is 1.81. The van der Waals surface area contributed by atoms with Gasteiger partial charge in [0.25, 0.3) is 0 Å². The Bertz CT molecular complexity index is 701. The summed E-state index contributed by atoms with van der Waals surface area (Å²) in [6, 6.07) is 7.76. The molecule has 0 aliphatic rings. The first kappa shape index (κ1) is 9.15. The van der Waals surface area contributed by atoms with Gasteiger partial charge in [-0.15, -0.1) is 0 Å². The number of phenols is 1. The smallest absolute Gasteiger partial charge is 0.201 e. The number of hydrogen-bond acceptors (Lipinski definition) is 2. The maximum Gasteiger partial charge on any atom is 0.201 e. The van der Waals surface area contributed by atoms with E-state index in [0.29, 0.717) is 11.0 Å². The van der Waals surface area contributed by atoms with Crippen LogP contribution in [0.15, 0.2) is 34.7 Å². The van der Waals surface area contributed by atoms with Crippen molar-refractivity contribution in [3.05, 3.63) is 42.0 Å². The van der Waals surface area contributed by atoms with Gasteiger partial charge in [0.2, 0.25) is 5.82 Å². The van der Waals surface area contributed by atoms with E-state index in [1.165, 1.54) is 0 Å². The molecule has 0 saturated heterocycles. The minimum atomic E-state index is -1.25. The highest BCUT2D eigenvalue weighted by atomic mass is 19.2. The first-order chi connectivity index (χ1) is 7.68. The molecule has 4 heteroatoms. The van der Waals surface area contributed by atoms with Gasteiger partial charge in [-0.25, -0.2) is 4.39 Å². The predicted molar refractivity (Wildman–Crippen MR) is 55.3 cm³/mol. The SMILES string of the molecule is Oc1c(F)c(F)cc2oc3ccccc3c12. The quantitative estimate of drug-likeness (QED) is 0.628. The predicted octanol–water partition coefficient (Wildman–Crippen LogP) is 3.57. The van der Waals surface area contributed by atoms with E-state index >= 15 is 0 Å². The summed E-state index contributed by atoms with van der Waals surface area (Å²) in [7, 11) is 0. The van der Waals surface area contributed by atoms with Crippen LogP contribution in [-0.4, -0.2) is 5.11 Å². The van der Waals surface area contributed by atoms with E-state index in [0.717, 1.165) is 6.07 Å². The summed E-state index contributed by atoms with van der Waals surface area (Å²) in [5.41, 5.74) is 0.621. The molecule has 1 heterocycles. The average Bonchev–Trinajstić information content (AvgIpc) is 2.64. The zero-order valence-electron chi connectivity index (χ0n) is 8.00. The van der Waals surface area contributed by atoms with Crippen molar-refractivity contribution < 1.29 is 18.3 Å². The summed E-state index contributed by atoms with van der Waals surface area (Å²) in [5, 5.41) is 10.3. The third kappa shape index (κ3) is 1.04. The standard InChI is InChI=1S/C12H6F2O2/c13-7-5-9-10(12(15)11(7)14)6-3-1-2-4-8(6)16-9/h1-5,15H. The van der Waals surface area contributed by atoms with Crippen molar-refractivity contribution in [2.75, 3.05) is 0 Å². The van der Waals surface area contributed by atoms with E-state index in [-0.39, 0.29) is 11.0 Å². The topological polar surface area (TPSA) is 33.4 Å². The Hall–Kier alpha value is -2.10. The van der Waals surface area contributed by atoms with E-state index in [1.807, 2.05) is 0 Å². The molecule has 0 fully saturated rings. The van der Waals surface area contributed by atoms with Crippen molar-refractivity contribution in [3.8, 4) is 5.75 Å². The Morgan fingerprint density at radius 1 is 1.06 bits per heavy atom. The highest BCUT2D eigenvalue weighted by Gasteiger charge is 2.17. The van der Waals surface area contributed by atoms with Gasteiger partial charge in [-0.2, -0.15) is 4.39 Å². The number of furan rings is 1. The summed E-state index contributed by atoms with van der Waals surface area (Å²) in [6.07, 6.45) is 0. The molecule has 2 aromatic carbocycles. The average molecular weight is 220 g/mol. The second kappa shape index (κ2) is 2.95. The molecular formula is C12H6F2O2. The van der Waals surface area contributed by atoms with Crippen molar-refractivity contribution in [1.82, 2.24) is 0 Å². The van der Waals surface area contributed by atoms with Crippen LogP contribution in [-0.2, 0) is 0 Å². The maximum atomic E-state index is 13.2. The van der Waals surface area contributed by atoms with Crippen molar-refractivity contribution >= 4 is 21.9 Å². The normalized spacial score (nSPS) is 11.4. The van der Waals surface area contributed by atoms with E-state index in [1.54, 1.807) is 24.3 Å². The molecule has 0 aliphatic carbocycles. The van der Waals surface area contributed by atoms with Crippen LogP contribution in [0.5, 0.6) is 5.75 Å². The molecule has 0 amide bonds. The van der Waals surface area contributed by atoms with Crippen molar-refractivity contribution in [3.63, 3.8) is 0 Å². The van der Waals surface area contributed by atoms with Gasteiger partial charge in [-0.3, -0.25) is 0 Å². The second-order valence-corrected chi connectivity index (χ2v) is 3.49. The molecule has 2 nitrogen and oxygen atoms in total. The molecule has 1 N–H and O–H groups in total. The van der Waals surface area contributed by atoms with Crippen LogP contribution in [0.2, 0.25) is 0 Å². The zero-order valence-corrected chi connectivity index (χ0v) is 8.00. The lowest BCUT2D eigenvalue weighted by atomic mass is 10.1. The van der Waals surface area contributed by atoms with Gasteiger partial charge in [-0.1, -0.05) is 18.2 Å². The summed E-state index contributed by atoms with van der Waals surface area (Å²) in [6.45, 7) is 0. The van der Waals surface area contributed by atoms with Gasteiger partial charge in [0, 0.05) is 11.5 Å². The van der Waals surface area contributed by atoms with Crippen molar-refractivity contribution in [2.45, 2.75) is 0 Å². The number of phenolic OH excluding ortho intramolecular Hbond substituents is 1. The molecule has 0 atom stereocenters. The number of hydrogen-bond donors (Lipinski definition) is 1. The minimum absolute atomic E-state index is 0.137. The van der Waals surface area contributed by atoms with Gasteiger partial charge in [-0.05, 0) is 6.07 Å². The van der Waals surface area contributed by atoms with Crippen molar-refractivity contribution in [1.29, 1.82) is 0 Å². The fraction of sp³-hybridized carbons (Fsp3) is 0. The highest BCUT2D eigenvalue weighted by Crippen LogP contribution is 2.37. The second-order valence-electron chi connectivity index (χ2n) is 3.49. The first-order valence-electron chi connectivity index (χ1n) is 4.66. The Morgan fingerprint density at radius 3 is 2.62 bits per heavy atom. The van der Waals surface area contributed by atoms with Crippen LogP contribution in [0.1, 0.15) is 0 Å².